The van der Waals surface area contributed by atoms with Crippen molar-refractivity contribution in [3.05, 3.63) is 47.4 Å². The number of methoxy groups -OCH3 is 1. The molecule has 11 heteroatoms. The fraction of sp³-hybridized carbons (Fsp3) is 0.364. The average Bonchev–Trinajstić information content (AvgIpc) is 3.54. The number of fused-ring (bicyclic) bond motifs is 1. The van der Waals surface area contributed by atoms with Gasteiger partial charge >= 0.3 is 0 Å². The van der Waals surface area contributed by atoms with Gasteiger partial charge in [-0.1, -0.05) is 17.7 Å². The summed E-state index contributed by atoms with van der Waals surface area (Å²) in [7, 11) is -2.61. The monoisotopic (exact) mass is 476 g/mol. The van der Waals surface area contributed by atoms with Gasteiger partial charge in [0.2, 0.25) is 5.88 Å². The van der Waals surface area contributed by atoms with E-state index in [1.807, 2.05) is 0 Å². The Balaban J connectivity index is 1.59. The summed E-state index contributed by atoms with van der Waals surface area (Å²) < 4.78 is 61.0. The highest BCUT2D eigenvalue weighted by molar-refractivity contribution is 8.15. The van der Waals surface area contributed by atoms with E-state index in [9.17, 15) is 9.18 Å². The lowest BCUT2D eigenvalue weighted by atomic mass is 9.85. The second-order valence-electron chi connectivity index (χ2n) is 7.82. The van der Waals surface area contributed by atoms with E-state index in [1.165, 1.54) is 12.3 Å². The van der Waals surface area contributed by atoms with Crippen molar-refractivity contribution >= 4 is 28.5 Å². The maximum atomic E-state index is 15.1. The number of halogens is 2. The molecule has 1 aromatic carbocycles. The second-order valence-corrected chi connectivity index (χ2v) is 9.25. The molecule has 33 heavy (non-hydrogen) atoms. The smallest absolute Gasteiger partial charge is 0.275 e. The van der Waals surface area contributed by atoms with Crippen LogP contribution < -0.4 is 15.8 Å². The summed E-state index contributed by atoms with van der Waals surface area (Å²) in [5, 5.41) is 2.57. The minimum absolute atomic E-state index is 0.0211. The number of nitrogens with zero attached hydrogens (tertiary/aromatic N) is 3. The fourth-order valence-corrected chi connectivity index (χ4v) is 5.45. The van der Waals surface area contributed by atoms with Crippen LogP contribution in [0.1, 0.15) is 33.5 Å². The number of amidine groups is 1. The van der Waals surface area contributed by atoms with Crippen molar-refractivity contribution in [2.24, 2.45) is 16.6 Å². The number of nitrogens with one attached hydrogen (secondary N) is 1. The summed E-state index contributed by atoms with van der Waals surface area (Å²) in [5.41, 5.74) is 4.41. The molecule has 4 rings (SSSR count). The first-order valence-corrected chi connectivity index (χ1v) is 10.6. The molecule has 0 bridgehead atoms. The van der Waals surface area contributed by atoms with Crippen molar-refractivity contribution in [3.8, 4) is 18.2 Å². The molecular formula is C22H21F2N5O3S. The third-order valence-corrected chi connectivity index (χ3v) is 6.94. The van der Waals surface area contributed by atoms with Gasteiger partial charge in [-0.05, 0) is 19.4 Å². The number of aliphatic imine (C=N–C) groups is 1. The Morgan fingerprint density at radius 2 is 2.27 bits per heavy atom. The average molecular weight is 477 g/mol. The molecule has 2 aliphatic rings. The summed E-state index contributed by atoms with van der Waals surface area (Å²) in [6.07, 6.45) is 7.89. The number of aromatic nitrogens is 2. The van der Waals surface area contributed by atoms with Gasteiger partial charge in [0, 0.05) is 30.3 Å². The van der Waals surface area contributed by atoms with Crippen molar-refractivity contribution in [1.29, 1.82) is 0 Å². The van der Waals surface area contributed by atoms with Gasteiger partial charge in [0.15, 0.2) is 23.4 Å². The van der Waals surface area contributed by atoms with E-state index in [4.69, 9.17) is 25.7 Å². The first-order valence-electron chi connectivity index (χ1n) is 11.2. The van der Waals surface area contributed by atoms with Crippen LogP contribution in [0.5, 0.6) is 5.88 Å². The van der Waals surface area contributed by atoms with Crippen LogP contribution in [0, 0.1) is 29.9 Å². The minimum atomic E-state index is -2.61. The Kier molecular flexibility index (Phi) is 5.02. The molecular weight excluding hydrogens is 452 g/mol. The Morgan fingerprint density at radius 3 is 2.97 bits per heavy atom. The van der Waals surface area contributed by atoms with E-state index in [0.717, 1.165) is 24.0 Å². The van der Waals surface area contributed by atoms with Crippen molar-refractivity contribution in [1.82, 2.24) is 9.97 Å². The molecule has 1 aromatic heterocycles. The van der Waals surface area contributed by atoms with E-state index in [1.54, 1.807) is 6.92 Å². The number of carbonyl (C=O) groups is 1. The summed E-state index contributed by atoms with van der Waals surface area (Å²) >= 11 is 1.16. The number of hydrogen-bond acceptors (Lipinski definition) is 8. The number of ether oxygens (including phenoxy) is 2. The summed E-state index contributed by atoms with van der Waals surface area (Å²) in [6, 6.07) is 2.11. The minimum Gasteiger partial charge on any atom is -0.463 e. The molecule has 1 aliphatic heterocycles. The van der Waals surface area contributed by atoms with Crippen LogP contribution >= 0.6 is 11.8 Å². The molecule has 0 saturated heterocycles. The maximum Gasteiger partial charge on any atom is 0.275 e. The maximum absolute atomic E-state index is 15.1. The highest BCUT2D eigenvalue weighted by atomic mass is 32.2. The van der Waals surface area contributed by atoms with E-state index in [2.05, 4.69) is 26.2 Å². The van der Waals surface area contributed by atoms with Crippen molar-refractivity contribution < 1.29 is 27.2 Å². The van der Waals surface area contributed by atoms with Gasteiger partial charge in [0.25, 0.3) is 5.91 Å². The van der Waals surface area contributed by atoms with Crippen molar-refractivity contribution in [3.63, 3.8) is 0 Å². The second kappa shape index (κ2) is 8.61. The molecule has 1 saturated carbocycles. The molecule has 2 heterocycles. The lowest BCUT2D eigenvalue weighted by molar-refractivity contribution is 0.102. The molecule has 2 aromatic rings. The SMILES string of the molecule is [2H]C([2H])([2H])OC[C@]12C[C@H]1[C@@](C)(c1cc(NC(=O)c3cnc(OCC#C)cn3)cc(F)c1F)N=C(N)S2. The van der Waals surface area contributed by atoms with Crippen LogP contribution in [-0.4, -0.2) is 46.0 Å². The van der Waals surface area contributed by atoms with Gasteiger partial charge < -0.3 is 20.5 Å². The molecule has 0 radical (unpaired) electrons. The first kappa shape index (κ1) is 19.3. The van der Waals surface area contributed by atoms with Gasteiger partial charge in [-0.15, -0.1) is 6.42 Å². The first-order chi connectivity index (χ1) is 16.9. The number of amides is 1. The molecule has 8 nitrogen and oxygen atoms in total. The summed E-state index contributed by atoms with van der Waals surface area (Å²) in [6.45, 7) is 1.41. The zero-order valence-electron chi connectivity index (χ0n) is 20.4. The highest BCUT2D eigenvalue weighted by Gasteiger charge is 2.66. The number of carbonyl (C=O) groups excluding carboxylic acids is 1. The number of terminal acetylenes is 1. The molecule has 0 unspecified atom stereocenters. The number of hydrogen-bond donors (Lipinski definition) is 2. The van der Waals surface area contributed by atoms with Crippen LogP contribution in [0.15, 0.2) is 29.5 Å². The van der Waals surface area contributed by atoms with Gasteiger partial charge in [0.1, 0.15) is 5.69 Å². The van der Waals surface area contributed by atoms with Crippen LogP contribution in [0.4, 0.5) is 14.5 Å². The predicted molar refractivity (Wildman–Crippen MR) is 120 cm³/mol. The largest absolute Gasteiger partial charge is 0.463 e. The highest BCUT2D eigenvalue weighted by Crippen LogP contribution is 2.66. The molecule has 3 N–H and O–H groups in total. The Labute approximate surface area is 197 Å². The van der Waals surface area contributed by atoms with Gasteiger partial charge in [-0.25, -0.2) is 18.7 Å². The van der Waals surface area contributed by atoms with Crippen molar-refractivity contribution in [2.75, 3.05) is 25.6 Å². The number of rotatable bonds is 7. The zero-order valence-corrected chi connectivity index (χ0v) is 18.2. The van der Waals surface area contributed by atoms with Gasteiger partial charge in [-0.2, -0.15) is 0 Å². The predicted octanol–water partition coefficient (Wildman–Crippen LogP) is 2.70. The van der Waals surface area contributed by atoms with Crippen LogP contribution in [0.2, 0.25) is 0 Å². The Morgan fingerprint density at radius 1 is 1.45 bits per heavy atom. The normalized spacial score (nSPS) is 27.2. The third-order valence-electron chi connectivity index (χ3n) is 5.67. The van der Waals surface area contributed by atoms with Crippen molar-refractivity contribution in [2.45, 2.75) is 23.6 Å². The topological polar surface area (TPSA) is 112 Å². The lowest BCUT2D eigenvalue weighted by Gasteiger charge is -2.34. The van der Waals surface area contributed by atoms with Crippen LogP contribution in [0.3, 0.4) is 0 Å². The van der Waals surface area contributed by atoms with Crippen LogP contribution in [0.25, 0.3) is 0 Å². The Hall–Kier alpha value is -3.23. The quantitative estimate of drug-likeness (QED) is 0.591. The molecule has 3 atom stereocenters. The summed E-state index contributed by atoms with van der Waals surface area (Å²) in [4.78, 5) is 24.9. The van der Waals surface area contributed by atoms with Crippen LogP contribution in [-0.2, 0) is 10.3 Å². The third kappa shape index (κ3) is 4.24. The standard InChI is InChI=1S/C22H21F2N5O3S/c1-4-5-32-17-10-26-15(9-27-17)19(30)28-12-6-13(18(24)14(23)7-12)21(2)16-8-22(16,11-31-3)33-20(25)29-21/h1,6-7,9-10,16H,5,8,11H2,2-3H3,(H2,25,29)(H,28,30)/t16-,21+,22+/m0/s1/i3D3. The lowest BCUT2D eigenvalue weighted by Crippen LogP contribution is -2.38. The fourth-order valence-electron chi connectivity index (χ4n) is 4.06. The van der Waals surface area contributed by atoms with Gasteiger partial charge in [-0.3, -0.25) is 9.79 Å². The Bertz CT molecular complexity index is 1270. The summed E-state index contributed by atoms with van der Waals surface area (Å²) in [5.74, 6) is -1.06. The van der Waals surface area contributed by atoms with E-state index < -0.39 is 34.9 Å². The van der Waals surface area contributed by atoms with E-state index in [-0.39, 0.29) is 47.1 Å². The molecule has 1 aliphatic carbocycles. The number of nitrogens with two attached hydrogens (primary N) is 1. The molecule has 0 spiro atoms. The molecule has 1 fully saturated rings. The number of thioether (sulfide) groups is 1. The van der Waals surface area contributed by atoms with Gasteiger partial charge in [0.05, 0.1) is 33.4 Å². The molecule has 1 amide bonds. The number of benzene rings is 1. The van der Waals surface area contributed by atoms with E-state index >= 15 is 4.39 Å². The number of anilines is 1. The van der Waals surface area contributed by atoms with E-state index in [0.29, 0.717) is 6.42 Å². The molecule has 172 valence electrons. The zero-order chi connectivity index (χ0) is 26.3.